The van der Waals surface area contributed by atoms with E-state index in [4.69, 9.17) is 0 Å². The van der Waals surface area contributed by atoms with E-state index in [1.807, 2.05) is 0 Å². The van der Waals surface area contributed by atoms with Crippen LogP contribution in [-0.4, -0.2) is 35.1 Å². The van der Waals surface area contributed by atoms with E-state index < -0.39 is 11.9 Å². The predicted molar refractivity (Wildman–Crippen MR) is 50.8 cm³/mol. The zero-order valence-corrected chi connectivity index (χ0v) is 8.26. The lowest BCUT2D eigenvalue weighted by molar-refractivity contribution is 0.0765. The summed E-state index contributed by atoms with van der Waals surface area (Å²) in [5, 5.41) is 10.8. The summed E-state index contributed by atoms with van der Waals surface area (Å²) in [6.45, 7) is 0.827. The molecule has 3 nitrogen and oxygen atoms in total. The van der Waals surface area contributed by atoms with Gasteiger partial charge in [0.1, 0.15) is 10.7 Å². The SMILES string of the molecule is O=C(c1sccc1F)N1CC[C@H](O)C1. The van der Waals surface area contributed by atoms with E-state index >= 15 is 0 Å². The minimum atomic E-state index is -0.471. The molecule has 76 valence electrons. The number of halogens is 1. The minimum Gasteiger partial charge on any atom is -0.391 e. The van der Waals surface area contributed by atoms with Crippen molar-refractivity contribution in [3.05, 3.63) is 22.1 Å². The molecule has 0 aliphatic carbocycles. The van der Waals surface area contributed by atoms with Crippen molar-refractivity contribution in [3.63, 3.8) is 0 Å². The standard InChI is InChI=1S/C9H10FNO2S/c10-7-2-4-14-8(7)9(13)11-3-1-6(12)5-11/h2,4,6,12H,1,3,5H2/t6-/m0/s1. The van der Waals surface area contributed by atoms with Gasteiger partial charge < -0.3 is 10.0 Å². The van der Waals surface area contributed by atoms with Crippen LogP contribution in [-0.2, 0) is 0 Å². The Morgan fingerprint density at radius 3 is 3.00 bits per heavy atom. The Labute approximate surface area is 84.8 Å². The molecule has 1 aromatic heterocycles. The van der Waals surface area contributed by atoms with Crippen LogP contribution < -0.4 is 0 Å². The third-order valence-electron chi connectivity index (χ3n) is 2.26. The molecule has 1 aliphatic rings. The second-order valence-electron chi connectivity index (χ2n) is 3.29. The van der Waals surface area contributed by atoms with Gasteiger partial charge in [-0.15, -0.1) is 11.3 Å². The van der Waals surface area contributed by atoms with Crippen molar-refractivity contribution < 1.29 is 14.3 Å². The van der Waals surface area contributed by atoms with Gasteiger partial charge in [-0.1, -0.05) is 0 Å². The number of carbonyl (C=O) groups excluding carboxylic acids is 1. The van der Waals surface area contributed by atoms with Crippen LogP contribution in [0.4, 0.5) is 4.39 Å². The Morgan fingerprint density at radius 1 is 1.71 bits per heavy atom. The van der Waals surface area contributed by atoms with Gasteiger partial charge in [-0.2, -0.15) is 0 Å². The molecule has 0 bridgehead atoms. The quantitative estimate of drug-likeness (QED) is 0.762. The second-order valence-corrected chi connectivity index (χ2v) is 4.21. The fourth-order valence-corrected chi connectivity index (χ4v) is 2.25. The van der Waals surface area contributed by atoms with Gasteiger partial charge in [0.05, 0.1) is 6.10 Å². The summed E-state index contributed by atoms with van der Waals surface area (Å²) in [6, 6.07) is 1.28. The first-order chi connectivity index (χ1) is 6.68. The monoisotopic (exact) mass is 215 g/mol. The maximum Gasteiger partial charge on any atom is 0.267 e. The Bertz CT molecular complexity index is 352. The molecule has 1 N–H and O–H groups in total. The third-order valence-corrected chi connectivity index (χ3v) is 3.14. The molecule has 0 unspecified atom stereocenters. The molecular formula is C9H10FNO2S. The molecule has 2 rings (SSSR count). The lowest BCUT2D eigenvalue weighted by atomic mass is 10.3. The van der Waals surface area contributed by atoms with Crippen LogP contribution in [0.2, 0.25) is 0 Å². The van der Waals surface area contributed by atoms with Crippen molar-refractivity contribution >= 4 is 17.2 Å². The van der Waals surface area contributed by atoms with Crippen LogP contribution in [0.15, 0.2) is 11.4 Å². The highest BCUT2D eigenvalue weighted by atomic mass is 32.1. The molecule has 5 heteroatoms. The molecule has 1 fully saturated rings. The van der Waals surface area contributed by atoms with Gasteiger partial charge in [-0.25, -0.2) is 4.39 Å². The highest BCUT2D eigenvalue weighted by Crippen LogP contribution is 2.20. The van der Waals surface area contributed by atoms with Crippen molar-refractivity contribution in [1.82, 2.24) is 4.90 Å². The summed E-state index contributed by atoms with van der Waals surface area (Å²) in [4.78, 5) is 13.3. The second kappa shape index (κ2) is 3.67. The zero-order chi connectivity index (χ0) is 10.1. The van der Waals surface area contributed by atoms with Crippen molar-refractivity contribution in [3.8, 4) is 0 Å². The number of hydrogen-bond donors (Lipinski definition) is 1. The number of β-amino-alcohol motifs (C(OH)–C–C–N with tert-alkyl or cyclic N) is 1. The molecule has 1 saturated heterocycles. The number of thiophene rings is 1. The topological polar surface area (TPSA) is 40.5 Å². The largest absolute Gasteiger partial charge is 0.391 e. The highest BCUT2D eigenvalue weighted by Gasteiger charge is 2.27. The predicted octanol–water partition coefficient (Wildman–Crippen LogP) is 1.09. The number of aliphatic hydroxyl groups is 1. The number of hydrogen-bond acceptors (Lipinski definition) is 3. The normalized spacial score (nSPS) is 21.6. The molecule has 1 aliphatic heterocycles. The first-order valence-corrected chi connectivity index (χ1v) is 5.27. The zero-order valence-electron chi connectivity index (χ0n) is 7.44. The summed E-state index contributed by atoms with van der Waals surface area (Å²) >= 11 is 1.10. The summed E-state index contributed by atoms with van der Waals surface area (Å²) in [7, 11) is 0. The Hall–Kier alpha value is -0.940. The van der Waals surface area contributed by atoms with Gasteiger partial charge in [-0.05, 0) is 17.9 Å². The van der Waals surface area contributed by atoms with Gasteiger partial charge in [0.2, 0.25) is 0 Å². The number of likely N-dealkylation sites (tertiary alicyclic amines) is 1. The number of amides is 1. The van der Waals surface area contributed by atoms with Crippen LogP contribution >= 0.6 is 11.3 Å². The minimum absolute atomic E-state index is 0.138. The average molecular weight is 215 g/mol. The van der Waals surface area contributed by atoms with E-state index in [1.54, 1.807) is 5.38 Å². The van der Waals surface area contributed by atoms with Gasteiger partial charge >= 0.3 is 0 Å². The highest BCUT2D eigenvalue weighted by molar-refractivity contribution is 7.12. The van der Waals surface area contributed by atoms with E-state index in [-0.39, 0.29) is 10.8 Å². The molecule has 0 aromatic carbocycles. The first kappa shape index (κ1) is 9.61. The van der Waals surface area contributed by atoms with Gasteiger partial charge in [-0.3, -0.25) is 4.79 Å². The molecule has 1 atom stereocenters. The Balaban J connectivity index is 2.13. The van der Waals surface area contributed by atoms with E-state index in [9.17, 15) is 14.3 Å². The van der Waals surface area contributed by atoms with E-state index in [2.05, 4.69) is 0 Å². The number of rotatable bonds is 1. The van der Waals surface area contributed by atoms with Crippen molar-refractivity contribution in [2.45, 2.75) is 12.5 Å². The van der Waals surface area contributed by atoms with Crippen molar-refractivity contribution in [2.24, 2.45) is 0 Å². The Kier molecular flexibility index (Phi) is 2.52. The van der Waals surface area contributed by atoms with Crippen LogP contribution in [0.5, 0.6) is 0 Å². The molecule has 0 saturated carbocycles. The third kappa shape index (κ3) is 1.65. The smallest absolute Gasteiger partial charge is 0.267 e. The maximum atomic E-state index is 13.1. The summed E-state index contributed by atoms with van der Waals surface area (Å²) in [5.74, 6) is -0.782. The van der Waals surface area contributed by atoms with Crippen LogP contribution in [0.25, 0.3) is 0 Å². The fraction of sp³-hybridized carbons (Fsp3) is 0.444. The van der Waals surface area contributed by atoms with Crippen LogP contribution in [0.1, 0.15) is 16.1 Å². The molecular weight excluding hydrogens is 205 g/mol. The van der Waals surface area contributed by atoms with Gasteiger partial charge in [0, 0.05) is 13.1 Å². The maximum absolute atomic E-state index is 13.1. The lowest BCUT2D eigenvalue weighted by Crippen LogP contribution is -2.29. The fourth-order valence-electron chi connectivity index (χ4n) is 1.52. The summed E-state index contributed by atoms with van der Waals surface area (Å²) in [6.07, 6.45) is 0.126. The molecule has 2 heterocycles. The summed E-state index contributed by atoms with van der Waals surface area (Å²) < 4.78 is 13.1. The molecule has 0 spiro atoms. The van der Waals surface area contributed by atoms with Gasteiger partial charge in [0.25, 0.3) is 5.91 Å². The summed E-state index contributed by atoms with van der Waals surface area (Å²) in [5.41, 5.74) is 0. The van der Waals surface area contributed by atoms with Crippen LogP contribution in [0.3, 0.4) is 0 Å². The van der Waals surface area contributed by atoms with E-state index in [0.29, 0.717) is 19.5 Å². The molecule has 0 radical (unpaired) electrons. The number of nitrogens with zero attached hydrogens (tertiary/aromatic N) is 1. The van der Waals surface area contributed by atoms with Gasteiger partial charge in [0.15, 0.2) is 0 Å². The molecule has 1 amide bonds. The first-order valence-electron chi connectivity index (χ1n) is 4.39. The molecule has 14 heavy (non-hydrogen) atoms. The van der Waals surface area contributed by atoms with Crippen molar-refractivity contribution in [1.29, 1.82) is 0 Å². The molecule has 1 aromatic rings. The number of carbonyl (C=O) groups is 1. The Morgan fingerprint density at radius 2 is 2.50 bits per heavy atom. The number of aliphatic hydroxyl groups excluding tert-OH is 1. The van der Waals surface area contributed by atoms with E-state index in [1.165, 1.54) is 11.0 Å². The van der Waals surface area contributed by atoms with E-state index in [0.717, 1.165) is 11.3 Å². The van der Waals surface area contributed by atoms with Crippen LogP contribution in [0, 0.1) is 5.82 Å². The lowest BCUT2D eigenvalue weighted by Gasteiger charge is -2.13. The average Bonchev–Trinajstić information content (AvgIpc) is 2.73. The van der Waals surface area contributed by atoms with Crippen molar-refractivity contribution in [2.75, 3.05) is 13.1 Å².